The first-order chi connectivity index (χ1) is 16.3. The van der Waals surface area contributed by atoms with E-state index in [0.717, 1.165) is 6.42 Å². The van der Waals surface area contributed by atoms with Gasteiger partial charge in [0.05, 0.1) is 11.0 Å². The molecule has 1 aromatic carbocycles. The molecule has 0 bridgehead atoms. The summed E-state index contributed by atoms with van der Waals surface area (Å²) in [4.78, 5) is 24.1. The first kappa shape index (κ1) is 24.9. The van der Waals surface area contributed by atoms with Crippen LogP contribution in [-0.4, -0.2) is 50.0 Å². The normalized spacial score (nSPS) is 25.9. The molecule has 1 saturated carbocycles. The molecule has 1 aliphatic carbocycles. The maximum absolute atomic E-state index is 13.2. The lowest BCUT2D eigenvalue weighted by Gasteiger charge is -2.33. The summed E-state index contributed by atoms with van der Waals surface area (Å²) in [7, 11) is -3.68. The van der Waals surface area contributed by atoms with Gasteiger partial charge in [0.25, 0.3) is 0 Å². The SMILES string of the molecule is C=CC(=O)NC1CC2CCN(S(=O)(=O)c3ccc(NC(=O)CCC4CCCCC4)cc3)CC2O1. The Morgan fingerprint density at radius 1 is 1.12 bits per heavy atom. The zero-order chi connectivity index (χ0) is 24.1. The van der Waals surface area contributed by atoms with Gasteiger partial charge in [-0.15, -0.1) is 0 Å². The number of amides is 2. The fourth-order valence-electron chi connectivity index (χ4n) is 5.32. The number of hydrogen-bond donors (Lipinski definition) is 2. The van der Waals surface area contributed by atoms with Gasteiger partial charge in [-0.3, -0.25) is 9.59 Å². The maximum atomic E-state index is 13.2. The second kappa shape index (κ2) is 11.0. The molecule has 34 heavy (non-hydrogen) atoms. The lowest BCUT2D eigenvalue weighted by atomic mass is 9.86. The summed E-state index contributed by atoms with van der Waals surface area (Å²) in [6.07, 6.45) is 9.56. The molecule has 3 atom stereocenters. The highest BCUT2D eigenvalue weighted by atomic mass is 32.2. The Morgan fingerprint density at radius 2 is 1.85 bits per heavy atom. The minimum Gasteiger partial charge on any atom is -0.354 e. The summed E-state index contributed by atoms with van der Waals surface area (Å²) >= 11 is 0. The van der Waals surface area contributed by atoms with Gasteiger partial charge in [-0.05, 0) is 61.4 Å². The molecular weight excluding hydrogens is 454 g/mol. The molecule has 0 aromatic heterocycles. The maximum Gasteiger partial charge on any atom is 0.245 e. The monoisotopic (exact) mass is 489 g/mol. The van der Waals surface area contributed by atoms with Gasteiger partial charge in [-0.2, -0.15) is 4.31 Å². The second-order valence-electron chi connectivity index (χ2n) is 9.64. The van der Waals surface area contributed by atoms with E-state index in [1.54, 1.807) is 24.3 Å². The van der Waals surface area contributed by atoms with E-state index in [-0.39, 0.29) is 35.3 Å². The van der Waals surface area contributed by atoms with Crippen molar-refractivity contribution in [1.82, 2.24) is 9.62 Å². The number of benzene rings is 1. The van der Waals surface area contributed by atoms with Crippen molar-refractivity contribution in [3.8, 4) is 0 Å². The summed E-state index contributed by atoms with van der Waals surface area (Å²) in [5.41, 5.74) is 0.603. The molecule has 2 saturated heterocycles. The van der Waals surface area contributed by atoms with Crippen molar-refractivity contribution >= 4 is 27.5 Å². The van der Waals surface area contributed by atoms with E-state index in [0.29, 0.717) is 37.4 Å². The Balaban J connectivity index is 1.30. The first-order valence-corrected chi connectivity index (χ1v) is 13.8. The van der Waals surface area contributed by atoms with Crippen molar-refractivity contribution in [3.63, 3.8) is 0 Å². The quantitative estimate of drug-likeness (QED) is 0.545. The van der Waals surface area contributed by atoms with Crippen LogP contribution in [0.25, 0.3) is 0 Å². The number of nitrogens with zero attached hydrogens (tertiary/aromatic N) is 1. The molecule has 2 amide bonds. The number of carbonyl (C=O) groups is 2. The van der Waals surface area contributed by atoms with E-state index in [1.807, 2.05) is 0 Å². The van der Waals surface area contributed by atoms with E-state index in [1.165, 1.54) is 42.5 Å². The summed E-state index contributed by atoms with van der Waals surface area (Å²) in [5, 5.41) is 5.62. The van der Waals surface area contributed by atoms with Gasteiger partial charge in [0, 0.05) is 25.2 Å². The summed E-state index contributed by atoms with van der Waals surface area (Å²) in [6.45, 7) is 4.11. The zero-order valence-electron chi connectivity index (χ0n) is 19.6. The van der Waals surface area contributed by atoms with Crippen LogP contribution in [0.15, 0.2) is 41.8 Å². The fraction of sp³-hybridized carbons (Fsp3) is 0.600. The number of carbonyl (C=O) groups excluding carboxylic acids is 2. The molecule has 0 radical (unpaired) electrons. The van der Waals surface area contributed by atoms with Crippen LogP contribution in [0.5, 0.6) is 0 Å². The Hall–Kier alpha value is -2.23. The molecule has 2 aliphatic heterocycles. The summed E-state index contributed by atoms with van der Waals surface area (Å²) in [6, 6.07) is 6.37. The third-order valence-corrected chi connectivity index (χ3v) is 9.16. The van der Waals surface area contributed by atoms with Crippen molar-refractivity contribution in [2.24, 2.45) is 11.8 Å². The van der Waals surface area contributed by atoms with Crippen LogP contribution in [0.2, 0.25) is 0 Å². The Bertz CT molecular complexity index is 988. The number of nitrogens with one attached hydrogen (secondary N) is 2. The highest BCUT2D eigenvalue weighted by Gasteiger charge is 2.42. The fourth-order valence-corrected chi connectivity index (χ4v) is 6.79. The van der Waals surface area contributed by atoms with Gasteiger partial charge >= 0.3 is 0 Å². The molecule has 3 fully saturated rings. The highest BCUT2D eigenvalue weighted by Crippen LogP contribution is 2.34. The molecule has 0 spiro atoms. The Morgan fingerprint density at radius 3 is 2.56 bits per heavy atom. The van der Waals surface area contributed by atoms with Crippen molar-refractivity contribution < 1.29 is 22.7 Å². The van der Waals surface area contributed by atoms with Crippen LogP contribution in [0.1, 0.15) is 57.8 Å². The van der Waals surface area contributed by atoms with Crippen LogP contribution < -0.4 is 10.6 Å². The van der Waals surface area contributed by atoms with Gasteiger partial charge in [0.2, 0.25) is 21.8 Å². The number of ether oxygens (including phenoxy) is 1. The van der Waals surface area contributed by atoms with Crippen LogP contribution in [0.4, 0.5) is 5.69 Å². The second-order valence-corrected chi connectivity index (χ2v) is 11.6. The van der Waals surface area contributed by atoms with E-state index >= 15 is 0 Å². The molecule has 4 rings (SSSR count). The predicted molar refractivity (Wildman–Crippen MR) is 129 cm³/mol. The molecule has 8 nitrogen and oxygen atoms in total. The van der Waals surface area contributed by atoms with E-state index < -0.39 is 16.3 Å². The molecule has 9 heteroatoms. The van der Waals surface area contributed by atoms with Gasteiger partial charge in [-0.25, -0.2) is 8.42 Å². The van der Waals surface area contributed by atoms with Gasteiger partial charge < -0.3 is 15.4 Å². The summed E-state index contributed by atoms with van der Waals surface area (Å²) in [5.74, 6) is 0.537. The van der Waals surface area contributed by atoms with Crippen LogP contribution in [0, 0.1) is 11.8 Å². The zero-order valence-corrected chi connectivity index (χ0v) is 20.4. The molecule has 2 heterocycles. The number of anilines is 1. The molecule has 3 aliphatic rings. The van der Waals surface area contributed by atoms with Crippen molar-refractivity contribution in [2.75, 3.05) is 18.4 Å². The lowest BCUT2D eigenvalue weighted by Crippen LogP contribution is -2.45. The van der Waals surface area contributed by atoms with Gasteiger partial charge in [-0.1, -0.05) is 38.7 Å². The topological polar surface area (TPSA) is 105 Å². The Labute approximate surface area is 202 Å². The van der Waals surface area contributed by atoms with Gasteiger partial charge in [0.15, 0.2) is 0 Å². The van der Waals surface area contributed by atoms with Gasteiger partial charge in [0.1, 0.15) is 6.23 Å². The number of fused-ring (bicyclic) bond motifs is 1. The van der Waals surface area contributed by atoms with Crippen molar-refractivity contribution in [3.05, 3.63) is 36.9 Å². The Kier molecular flexibility index (Phi) is 8.06. The lowest BCUT2D eigenvalue weighted by molar-refractivity contribution is -0.120. The number of piperidine rings is 1. The minimum absolute atomic E-state index is 0.0280. The third kappa shape index (κ3) is 6.06. The number of rotatable bonds is 8. The molecule has 3 unspecified atom stereocenters. The number of hydrogen-bond acceptors (Lipinski definition) is 5. The van der Waals surface area contributed by atoms with Crippen molar-refractivity contribution in [2.45, 2.75) is 75.0 Å². The smallest absolute Gasteiger partial charge is 0.245 e. The molecule has 2 N–H and O–H groups in total. The first-order valence-electron chi connectivity index (χ1n) is 12.3. The van der Waals surface area contributed by atoms with E-state index in [9.17, 15) is 18.0 Å². The number of sulfonamides is 1. The van der Waals surface area contributed by atoms with Crippen LogP contribution in [-0.2, 0) is 24.3 Å². The predicted octanol–water partition coefficient (Wildman–Crippen LogP) is 3.41. The molecule has 186 valence electrons. The molecular formula is C25H35N3O5S. The third-order valence-electron chi connectivity index (χ3n) is 7.28. The van der Waals surface area contributed by atoms with Crippen molar-refractivity contribution in [1.29, 1.82) is 0 Å². The average Bonchev–Trinajstić information content (AvgIpc) is 3.25. The average molecular weight is 490 g/mol. The molecule has 1 aromatic rings. The van der Waals surface area contributed by atoms with Crippen LogP contribution in [0.3, 0.4) is 0 Å². The highest BCUT2D eigenvalue weighted by molar-refractivity contribution is 7.89. The van der Waals surface area contributed by atoms with E-state index in [4.69, 9.17) is 4.74 Å². The summed E-state index contributed by atoms with van der Waals surface area (Å²) < 4.78 is 33.7. The minimum atomic E-state index is -3.68. The largest absolute Gasteiger partial charge is 0.354 e. The standard InChI is InChI=1S/C25H35N3O5S/c1-2-23(29)27-25-16-19-14-15-28(17-22(19)33-25)34(31,32)21-11-9-20(10-12-21)26-24(30)13-8-18-6-4-3-5-7-18/h2,9-12,18-19,22,25H,1,3-8,13-17H2,(H,26,30)(H,27,29). The van der Waals surface area contributed by atoms with Crippen LogP contribution >= 0.6 is 0 Å². The van der Waals surface area contributed by atoms with E-state index in [2.05, 4.69) is 17.2 Å².